The van der Waals surface area contributed by atoms with E-state index in [4.69, 9.17) is 18.9 Å². The van der Waals surface area contributed by atoms with E-state index in [1.54, 1.807) is 24.3 Å². The molecule has 0 heterocycles. The first-order chi connectivity index (χ1) is 26.1. The maximum Gasteiger partial charge on any atom is 0.338 e. The van der Waals surface area contributed by atoms with Crippen molar-refractivity contribution in [3.8, 4) is 0 Å². The van der Waals surface area contributed by atoms with Crippen LogP contribution in [-0.2, 0) is 31.8 Å². The number of benzene rings is 4. The molecular weight excluding hydrogens is 680 g/mol. The molecule has 2 saturated carbocycles. The van der Waals surface area contributed by atoms with Gasteiger partial charge < -0.3 is 18.9 Å². The summed E-state index contributed by atoms with van der Waals surface area (Å²) in [6.07, 6.45) is 7.14. The summed E-state index contributed by atoms with van der Waals surface area (Å²) in [5, 5.41) is 0. The van der Waals surface area contributed by atoms with Gasteiger partial charge in [-0.2, -0.15) is 0 Å². The SMILES string of the molecule is CCc1ccc(C(=O)OC2CCC(OC(=O)c3ccc(CC)cc3)CC2)cc1.Cc1ccc(C(=O)OC2CCC(OC(=O)c3ccc(C)cc3)CC2)cc1.[HH].[HH]. The van der Waals surface area contributed by atoms with Crippen LogP contribution < -0.4 is 0 Å². The molecule has 2 fully saturated rings. The highest BCUT2D eigenvalue weighted by atomic mass is 16.6. The molecule has 6 rings (SSSR count). The quantitative estimate of drug-likeness (QED) is 0.117. The van der Waals surface area contributed by atoms with Gasteiger partial charge in [-0.25, -0.2) is 19.2 Å². The minimum Gasteiger partial charge on any atom is -0.459 e. The molecular formula is C46H56O8. The van der Waals surface area contributed by atoms with Gasteiger partial charge in [0.15, 0.2) is 0 Å². The molecule has 0 atom stereocenters. The largest absolute Gasteiger partial charge is 0.459 e. The average molecular weight is 737 g/mol. The zero-order chi connectivity index (χ0) is 38.5. The molecule has 288 valence electrons. The molecule has 0 unspecified atom stereocenters. The highest BCUT2D eigenvalue weighted by Crippen LogP contribution is 2.27. The van der Waals surface area contributed by atoms with Crippen LogP contribution in [0.1, 0.15) is 132 Å². The zero-order valence-electron chi connectivity index (χ0n) is 31.9. The van der Waals surface area contributed by atoms with Gasteiger partial charge in [0.1, 0.15) is 24.4 Å². The number of hydrogen-bond donors (Lipinski definition) is 0. The third-order valence-electron chi connectivity index (χ3n) is 10.1. The van der Waals surface area contributed by atoms with Gasteiger partial charge in [0.2, 0.25) is 0 Å². The van der Waals surface area contributed by atoms with Gasteiger partial charge in [0.25, 0.3) is 0 Å². The van der Waals surface area contributed by atoms with Gasteiger partial charge in [-0.1, -0.05) is 73.5 Å². The lowest BCUT2D eigenvalue weighted by Crippen LogP contribution is -2.29. The molecule has 0 radical (unpaired) electrons. The van der Waals surface area contributed by atoms with Crippen molar-refractivity contribution >= 4 is 23.9 Å². The number of carbonyl (C=O) groups excluding carboxylic acids is 4. The van der Waals surface area contributed by atoms with Crippen molar-refractivity contribution in [2.24, 2.45) is 0 Å². The Kier molecular flexibility index (Phi) is 14.6. The normalized spacial score (nSPS) is 19.3. The molecule has 0 amide bonds. The van der Waals surface area contributed by atoms with E-state index in [0.717, 1.165) is 24.0 Å². The highest BCUT2D eigenvalue weighted by Gasteiger charge is 2.28. The monoisotopic (exact) mass is 736 g/mol. The average Bonchev–Trinajstić information content (AvgIpc) is 3.20. The van der Waals surface area contributed by atoms with Crippen LogP contribution in [-0.4, -0.2) is 48.3 Å². The Morgan fingerprint density at radius 3 is 0.815 bits per heavy atom. The fraction of sp³-hybridized carbons (Fsp3) is 0.391. The molecule has 0 N–H and O–H groups in total. The van der Waals surface area contributed by atoms with E-state index in [9.17, 15) is 19.2 Å². The Labute approximate surface area is 322 Å². The van der Waals surface area contributed by atoms with Gasteiger partial charge in [0.05, 0.1) is 22.3 Å². The maximum absolute atomic E-state index is 12.3. The molecule has 0 spiro atoms. The van der Waals surface area contributed by atoms with Crippen molar-refractivity contribution in [3.63, 3.8) is 0 Å². The summed E-state index contributed by atoms with van der Waals surface area (Å²) in [7, 11) is 0. The third-order valence-corrected chi connectivity index (χ3v) is 10.1. The summed E-state index contributed by atoms with van der Waals surface area (Å²) in [6.45, 7) is 8.13. The third kappa shape index (κ3) is 11.9. The predicted octanol–water partition coefficient (Wildman–Crippen LogP) is 10.3. The van der Waals surface area contributed by atoms with E-state index in [-0.39, 0.29) is 51.1 Å². The topological polar surface area (TPSA) is 105 Å². The molecule has 0 saturated heterocycles. The molecule has 0 aliphatic heterocycles. The number of ether oxygens (including phenoxy) is 4. The summed E-state index contributed by atoms with van der Waals surface area (Å²) in [6, 6.07) is 29.8. The summed E-state index contributed by atoms with van der Waals surface area (Å²) < 4.78 is 22.4. The lowest BCUT2D eigenvalue weighted by molar-refractivity contribution is -0.0108. The van der Waals surface area contributed by atoms with Crippen LogP contribution in [0.4, 0.5) is 0 Å². The summed E-state index contributed by atoms with van der Waals surface area (Å²) >= 11 is 0. The highest BCUT2D eigenvalue weighted by molar-refractivity contribution is 5.91. The Morgan fingerprint density at radius 2 is 0.611 bits per heavy atom. The van der Waals surface area contributed by atoms with E-state index in [1.807, 2.05) is 86.6 Å². The molecule has 4 aromatic carbocycles. The predicted molar refractivity (Wildman–Crippen MR) is 212 cm³/mol. The Morgan fingerprint density at radius 1 is 0.407 bits per heavy atom. The van der Waals surface area contributed by atoms with Crippen molar-refractivity contribution in [3.05, 3.63) is 142 Å². The first kappa shape index (κ1) is 40.0. The van der Waals surface area contributed by atoms with Crippen molar-refractivity contribution < 1.29 is 41.0 Å². The van der Waals surface area contributed by atoms with Crippen LogP contribution in [0.15, 0.2) is 97.1 Å². The number of hydrogen-bond acceptors (Lipinski definition) is 8. The van der Waals surface area contributed by atoms with Crippen LogP contribution >= 0.6 is 0 Å². The van der Waals surface area contributed by atoms with Crippen LogP contribution in [0.5, 0.6) is 0 Å². The molecule has 4 aromatic rings. The fourth-order valence-corrected chi connectivity index (χ4v) is 6.55. The molecule has 2 aliphatic rings. The van der Waals surface area contributed by atoms with Crippen LogP contribution in [0.3, 0.4) is 0 Å². The van der Waals surface area contributed by atoms with Crippen LogP contribution in [0.2, 0.25) is 0 Å². The Bertz CT molecular complexity index is 1690. The van der Waals surface area contributed by atoms with Crippen molar-refractivity contribution in [2.45, 2.75) is 116 Å². The molecule has 54 heavy (non-hydrogen) atoms. The van der Waals surface area contributed by atoms with Crippen molar-refractivity contribution in [2.75, 3.05) is 0 Å². The van der Waals surface area contributed by atoms with Crippen LogP contribution in [0, 0.1) is 13.8 Å². The first-order valence-electron chi connectivity index (χ1n) is 19.2. The Hall–Kier alpha value is -5.24. The lowest BCUT2D eigenvalue weighted by Gasteiger charge is -2.28. The van der Waals surface area contributed by atoms with E-state index >= 15 is 0 Å². The summed E-state index contributed by atoms with van der Waals surface area (Å²) in [4.78, 5) is 49.0. The minimum absolute atomic E-state index is 0. The summed E-state index contributed by atoms with van der Waals surface area (Å²) in [5.74, 6) is -1.13. The van der Waals surface area contributed by atoms with Crippen molar-refractivity contribution in [1.82, 2.24) is 0 Å². The smallest absolute Gasteiger partial charge is 0.338 e. The number of carbonyl (C=O) groups is 4. The molecule has 2 aliphatic carbocycles. The van der Waals surface area contributed by atoms with E-state index < -0.39 is 0 Å². The molecule has 8 heteroatoms. The van der Waals surface area contributed by atoms with Gasteiger partial charge >= 0.3 is 23.9 Å². The van der Waals surface area contributed by atoms with Gasteiger partial charge in [0, 0.05) is 2.85 Å². The number of rotatable bonds is 10. The Balaban J connectivity index is 0.000000291. The molecule has 0 aromatic heterocycles. The number of aryl methyl sites for hydroxylation is 4. The van der Waals surface area contributed by atoms with Gasteiger partial charge in [-0.3, -0.25) is 0 Å². The first-order valence-corrected chi connectivity index (χ1v) is 19.2. The van der Waals surface area contributed by atoms with E-state index in [0.29, 0.717) is 73.6 Å². The fourth-order valence-electron chi connectivity index (χ4n) is 6.55. The second-order valence-corrected chi connectivity index (χ2v) is 14.3. The molecule has 8 nitrogen and oxygen atoms in total. The van der Waals surface area contributed by atoms with Gasteiger partial charge in [-0.15, -0.1) is 0 Å². The second kappa shape index (κ2) is 19.7. The zero-order valence-corrected chi connectivity index (χ0v) is 31.9. The van der Waals surface area contributed by atoms with Crippen LogP contribution in [0.25, 0.3) is 0 Å². The van der Waals surface area contributed by atoms with Crippen molar-refractivity contribution in [1.29, 1.82) is 0 Å². The van der Waals surface area contributed by atoms with Gasteiger partial charge in [-0.05, 0) is 138 Å². The van der Waals surface area contributed by atoms with E-state index in [2.05, 4.69) is 13.8 Å². The minimum atomic E-state index is -0.287. The van der Waals surface area contributed by atoms with E-state index in [1.165, 1.54) is 11.1 Å². The summed E-state index contributed by atoms with van der Waals surface area (Å²) in [5.41, 5.74) is 6.93. The standard InChI is InChI=1S/C24H28O4.C22H24O4.2H2/c1-3-17-5-9-19(10-6-17)23(25)27-21-13-15-22(16-14-21)28-24(26)20-11-7-18(4-2)8-12-20;1-15-3-7-17(8-4-15)21(23)25-19-11-13-20(14-12-19)26-22(24)18-9-5-16(2)6-10-18;;/h5-12,21-22H,3-4,13-16H2,1-2H3;3-10,19-20H,11-14H2,1-2H3;2*1H. The lowest BCUT2D eigenvalue weighted by atomic mass is 9.94. The maximum atomic E-state index is 12.3. The molecule has 0 bridgehead atoms. The second-order valence-electron chi connectivity index (χ2n) is 14.3. The number of esters is 4.